The van der Waals surface area contributed by atoms with E-state index in [4.69, 9.17) is 0 Å². The summed E-state index contributed by atoms with van der Waals surface area (Å²) in [6, 6.07) is 7.89. The number of likely N-dealkylation sites (N-methyl/N-ethyl adjacent to an activating group) is 1. The number of hydrogen-bond acceptors (Lipinski definition) is 4. The fraction of sp³-hybridized carbons (Fsp3) is 0.353. The lowest BCUT2D eigenvalue weighted by atomic mass is 10.0. The average molecular weight is 316 g/mol. The van der Waals surface area contributed by atoms with Crippen LogP contribution in [0.2, 0.25) is 0 Å². The largest absolute Gasteiger partial charge is 0.387 e. The van der Waals surface area contributed by atoms with Crippen molar-refractivity contribution in [1.82, 2.24) is 5.32 Å². The van der Waals surface area contributed by atoms with E-state index < -0.39 is 6.10 Å². The summed E-state index contributed by atoms with van der Waals surface area (Å²) in [5.74, 6) is -0.127. The molecule has 22 heavy (non-hydrogen) atoms. The van der Waals surface area contributed by atoms with Crippen LogP contribution in [0.15, 0.2) is 29.6 Å². The lowest BCUT2D eigenvalue weighted by Gasteiger charge is -2.15. The van der Waals surface area contributed by atoms with E-state index >= 15 is 0 Å². The number of benzene rings is 1. The van der Waals surface area contributed by atoms with Gasteiger partial charge in [-0.2, -0.15) is 0 Å². The Hall–Kier alpha value is -1.85. The molecule has 1 aliphatic rings. The van der Waals surface area contributed by atoms with Crippen molar-refractivity contribution in [3.05, 3.63) is 51.2 Å². The van der Waals surface area contributed by atoms with Gasteiger partial charge in [-0.05, 0) is 47.5 Å². The molecule has 5 heteroatoms. The molecular weight excluding hydrogens is 296 g/mol. The summed E-state index contributed by atoms with van der Waals surface area (Å²) >= 11 is 1.42. The lowest BCUT2D eigenvalue weighted by Crippen LogP contribution is -2.27. The van der Waals surface area contributed by atoms with Gasteiger partial charge in [0.1, 0.15) is 0 Å². The molecule has 0 saturated heterocycles. The van der Waals surface area contributed by atoms with Gasteiger partial charge in [-0.1, -0.05) is 12.1 Å². The van der Waals surface area contributed by atoms with Crippen LogP contribution in [0.1, 0.15) is 32.5 Å². The number of nitrogens with zero attached hydrogens (tertiary/aromatic N) is 1. The highest BCUT2D eigenvalue weighted by Gasteiger charge is 2.18. The summed E-state index contributed by atoms with van der Waals surface area (Å²) in [6.45, 7) is 3.21. The molecular formula is C17H20N2O2S. The van der Waals surface area contributed by atoms with Gasteiger partial charge in [0.25, 0.3) is 5.91 Å². The van der Waals surface area contributed by atoms with Crippen molar-refractivity contribution in [3.63, 3.8) is 0 Å². The van der Waals surface area contributed by atoms with Crippen LogP contribution in [0.4, 0.5) is 5.69 Å². The zero-order valence-corrected chi connectivity index (χ0v) is 13.6. The van der Waals surface area contributed by atoms with Crippen molar-refractivity contribution in [1.29, 1.82) is 0 Å². The number of aliphatic hydroxyl groups is 1. The first-order valence-corrected chi connectivity index (χ1v) is 8.28. The maximum atomic E-state index is 12.0. The summed E-state index contributed by atoms with van der Waals surface area (Å²) < 4.78 is 0. The molecule has 2 heterocycles. The summed E-state index contributed by atoms with van der Waals surface area (Å²) in [7, 11) is 2.07. The summed E-state index contributed by atoms with van der Waals surface area (Å²) in [4.78, 5) is 14.9. The quantitative estimate of drug-likeness (QED) is 0.911. The van der Waals surface area contributed by atoms with Crippen molar-refractivity contribution in [2.45, 2.75) is 19.4 Å². The standard InChI is InChI=1S/C17H20N2O2S/c1-11-7-16(22-10-11)17(21)18-9-15(20)13-3-4-14-12(8-13)5-6-19(14)2/h3-4,7-8,10,15,20H,5-6,9H2,1-2H3,(H,18,21). The Kier molecular flexibility index (Phi) is 4.18. The average Bonchev–Trinajstić information content (AvgIpc) is 3.11. The van der Waals surface area contributed by atoms with Gasteiger partial charge in [0.2, 0.25) is 0 Å². The van der Waals surface area contributed by atoms with E-state index in [9.17, 15) is 9.90 Å². The SMILES string of the molecule is Cc1csc(C(=O)NCC(O)c2ccc3c(c2)CCN3C)c1. The van der Waals surface area contributed by atoms with Crippen LogP contribution in [-0.2, 0) is 6.42 Å². The monoisotopic (exact) mass is 316 g/mol. The third-order valence-electron chi connectivity index (χ3n) is 4.03. The van der Waals surface area contributed by atoms with Crippen LogP contribution < -0.4 is 10.2 Å². The highest BCUT2D eigenvalue weighted by Crippen LogP contribution is 2.29. The molecule has 1 unspecified atom stereocenters. The molecule has 1 aliphatic heterocycles. The molecule has 116 valence electrons. The molecule has 0 fully saturated rings. The molecule has 2 N–H and O–H groups in total. The van der Waals surface area contributed by atoms with Crippen LogP contribution >= 0.6 is 11.3 Å². The highest BCUT2D eigenvalue weighted by molar-refractivity contribution is 7.12. The van der Waals surface area contributed by atoms with Crippen LogP contribution in [0, 0.1) is 6.92 Å². The number of carbonyl (C=O) groups excluding carboxylic acids is 1. The molecule has 1 aromatic heterocycles. The Balaban J connectivity index is 1.63. The Morgan fingerprint density at radius 3 is 3.00 bits per heavy atom. The van der Waals surface area contributed by atoms with Gasteiger partial charge in [-0.3, -0.25) is 4.79 Å². The third-order valence-corrected chi connectivity index (χ3v) is 5.07. The topological polar surface area (TPSA) is 52.6 Å². The second-order valence-electron chi connectivity index (χ2n) is 5.77. The van der Waals surface area contributed by atoms with Gasteiger partial charge in [-0.15, -0.1) is 11.3 Å². The minimum absolute atomic E-state index is 0.127. The zero-order chi connectivity index (χ0) is 15.7. The Morgan fingerprint density at radius 2 is 2.27 bits per heavy atom. The van der Waals surface area contributed by atoms with Crippen molar-refractivity contribution < 1.29 is 9.90 Å². The molecule has 0 radical (unpaired) electrons. The fourth-order valence-corrected chi connectivity index (χ4v) is 3.55. The van der Waals surface area contributed by atoms with Gasteiger partial charge in [0.15, 0.2) is 0 Å². The number of aliphatic hydroxyl groups excluding tert-OH is 1. The van der Waals surface area contributed by atoms with E-state index in [2.05, 4.69) is 17.3 Å². The summed E-state index contributed by atoms with van der Waals surface area (Å²) in [6.07, 6.45) is 0.328. The van der Waals surface area contributed by atoms with Crippen molar-refractivity contribution in [3.8, 4) is 0 Å². The maximum Gasteiger partial charge on any atom is 0.261 e. The first-order chi connectivity index (χ1) is 10.5. The lowest BCUT2D eigenvalue weighted by molar-refractivity contribution is 0.0920. The fourth-order valence-electron chi connectivity index (χ4n) is 2.74. The third kappa shape index (κ3) is 3.00. The smallest absolute Gasteiger partial charge is 0.261 e. The molecule has 0 saturated carbocycles. The normalized spacial score (nSPS) is 14.8. The molecule has 0 bridgehead atoms. The summed E-state index contributed by atoms with van der Waals surface area (Å²) in [5, 5.41) is 15.0. The van der Waals surface area contributed by atoms with Gasteiger partial charge in [0, 0.05) is 25.8 Å². The Morgan fingerprint density at radius 1 is 1.45 bits per heavy atom. The van der Waals surface area contributed by atoms with E-state index in [0.29, 0.717) is 4.88 Å². The van der Waals surface area contributed by atoms with Crippen LogP contribution in [0.3, 0.4) is 0 Å². The van der Waals surface area contributed by atoms with E-state index in [1.54, 1.807) is 0 Å². The van der Waals surface area contributed by atoms with Crippen molar-refractivity contribution in [2.24, 2.45) is 0 Å². The van der Waals surface area contributed by atoms with Crippen molar-refractivity contribution >= 4 is 22.9 Å². The van der Waals surface area contributed by atoms with E-state index in [1.807, 2.05) is 36.6 Å². The number of thiophene rings is 1. The number of rotatable bonds is 4. The van der Waals surface area contributed by atoms with E-state index in [1.165, 1.54) is 22.6 Å². The number of amides is 1. The molecule has 4 nitrogen and oxygen atoms in total. The number of hydrogen-bond donors (Lipinski definition) is 2. The molecule has 2 aromatic rings. The molecule has 3 rings (SSSR count). The molecule has 1 atom stereocenters. The van der Waals surface area contributed by atoms with Crippen LogP contribution in [0.5, 0.6) is 0 Å². The second-order valence-corrected chi connectivity index (χ2v) is 6.69. The minimum Gasteiger partial charge on any atom is -0.387 e. The Labute approximate surface area is 134 Å². The molecule has 1 amide bonds. The first-order valence-electron chi connectivity index (χ1n) is 7.40. The van der Waals surface area contributed by atoms with Gasteiger partial charge < -0.3 is 15.3 Å². The minimum atomic E-state index is -0.679. The predicted molar refractivity (Wildman–Crippen MR) is 89.8 cm³/mol. The predicted octanol–water partition coefficient (Wildman–Crippen LogP) is 2.51. The second kappa shape index (κ2) is 6.10. The van der Waals surface area contributed by atoms with Crippen LogP contribution in [-0.4, -0.2) is 31.2 Å². The number of nitrogens with one attached hydrogen (secondary N) is 1. The summed E-state index contributed by atoms with van der Waals surface area (Å²) in [5.41, 5.74) is 4.43. The highest BCUT2D eigenvalue weighted by atomic mass is 32.1. The van der Waals surface area contributed by atoms with Crippen LogP contribution in [0.25, 0.3) is 0 Å². The number of aryl methyl sites for hydroxylation is 1. The Bertz CT molecular complexity index is 696. The zero-order valence-electron chi connectivity index (χ0n) is 12.8. The van der Waals surface area contributed by atoms with E-state index in [-0.39, 0.29) is 12.5 Å². The van der Waals surface area contributed by atoms with E-state index in [0.717, 1.165) is 24.1 Å². The van der Waals surface area contributed by atoms with Crippen molar-refractivity contribution in [2.75, 3.05) is 25.0 Å². The van der Waals surface area contributed by atoms with Gasteiger partial charge >= 0.3 is 0 Å². The number of carbonyl (C=O) groups is 1. The van der Waals surface area contributed by atoms with Gasteiger partial charge in [-0.25, -0.2) is 0 Å². The first kappa shape index (κ1) is 15.1. The maximum absolute atomic E-state index is 12.0. The molecule has 0 aliphatic carbocycles. The molecule has 0 spiro atoms. The number of anilines is 1. The molecule has 1 aromatic carbocycles. The number of fused-ring (bicyclic) bond motifs is 1. The van der Waals surface area contributed by atoms with Gasteiger partial charge in [0.05, 0.1) is 11.0 Å².